The van der Waals surface area contributed by atoms with Gasteiger partial charge in [-0.3, -0.25) is 9.59 Å². The van der Waals surface area contributed by atoms with E-state index < -0.39 is 69.9 Å². The fraction of sp³-hybridized carbons (Fsp3) is 0.619. The number of anilines is 1. The molecule has 0 radical (unpaired) electrons. The number of hydrogen-bond acceptors (Lipinski definition) is 12. The van der Waals surface area contributed by atoms with Gasteiger partial charge in [-0.15, -0.1) is 11.3 Å². The van der Waals surface area contributed by atoms with Crippen LogP contribution in [0.25, 0.3) is 22.3 Å². The molecule has 17 nitrogen and oxygen atoms in total. The van der Waals surface area contributed by atoms with Crippen molar-refractivity contribution in [3.63, 3.8) is 0 Å². The Morgan fingerprint density at radius 1 is 1.08 bits per heavy atom. The Bertz CT molecular complexity index is 2170. The molecule has 1 aliphatic carbocycles. The van der Waals surface area contributed by atoms with E-state index in [0.29, 0.717) is 53.1 Å². The number of carboxylic acids is 1. The van der Waals surface area contributed by atoms with Crippen molar-refractivity contribution >= 4 is 62.1 Å². The molecular formula is C42H60N8O9S2. The van der Waals surface area contributed by atoms with Gasteiger partial charge in [0, 0.05) is 55.0 Å². The molecule has 2 aromatic heterocycles. The minimum Gasteiger partial charge on any atom is -0.497 e. The predicted octanol–water partition coefficient (Wildman–Crippen LogP) is 4.78. The topological polar surface area (TPSA) is 221 Å². The average Bonchev–Trinajstić information content (AvgIpc) is 3.46. The van der Waals surface area contributed by atoms with Crippen LogP contribution in [0.1, 0.15) is 92.4 Å². The molecule has 61 heavy (non-hydrogen) atoms. The van der Waals surface area contributed by atoms with Gasteiger partial charge in [-0.05, 0) is 56.6 Å². The van der Waals surface area contributed by atoms with Crippen LogP contribution in [-0.4, -0.2) is 120 Å². The number of rotatable bonds is 12. The van der Waals surface area contributed by atoms with E-state index in [2.05, 4.69) is 21.3 Å². The van der Waals surface area contributed by atoms with E-state index in [4.69, 9.17) is 19.4 Å². The van der Waals surface area contributed by atoms with Gasteiger partial charge in [-0.2, -0.15) is 0 Å². The SMILES string of the molecule is COc1ccc2c(O[C@@H]3C[C@H]4C(=O)N[C@]5(C(=O)O)CC5CCCCCCC[C@H](NC(=O)N[C@H](CN(C)[SH](=O)=O)C(C)(C)C)C(=O)N4C3)cc(-c3csc(NC(C)C)n3)nc2c1. The standard InChI is InChI=1S/C42H60N8O9S2/c1-24(2)43-40-46-32(23-60-40)31-19-34(28-16-15-26(58-7)17-30(28)44-31)59-27-18-33-36(51)48-42(38(53)54)20-25(42)13-11-9-8-10-12-14-29(37(52)50(33)21-27)45-39(55)47-35(41(3,4)5)22-49(6)61(56)57/h15-17,19,23-25,27,29,33,35,61H,8-14,18,20-22H2,1-7H3,(H,43,46)(H,48,51)(H,53,54)(H2,45,47,55)/t25?,27-,29+,33+,35-,42-/m1/s1. The van der Waals surface area contributed by atoms with Crippen molar-refractivity contribution in [3.05, 3.63) is 29.6 Å². The number of urea groups is 1. The summed E-state index contributed by atoms with van der Waals surface area (Å²) in [5.74, 6) is -1.38. The molecule has 1 saturated carbocycles. The monoisotopic (exact) mass is 884 g/mol. The summed E-state index contributed by atoms with van der Waals surface area (Å²) in [6.45, 7) is 9.68. The highest BCUT2D eigenvalue weighted by Crippen LogP contribution is 2.48. The number of methoxy groups -OCH3 is 1. The number of nitrogens with one attached hydrogen (secondary N) is 4. The van der Waals surface area contributed by atoms with E-state index in [1.165, 1.54) is 23.3 Å². The molecule has 1 unspecified atom stereocenters. The summed E-state index contributed by atoms with van der Waals surface area (Å²) in [5.41, 5.74) is -0.200. The second-order valence-electron chi connectivity index (χ2n) is 17.9. The van der Waals surface area contributed by atoms with Crippen LogP contribution in [0.4, 0.5) is 9.93 Å². The third kappa shape index (κ3) is 11.0. The molecule has 3 aromatic rings. The van der Waals surface area contributed by atoms with Gasteiger partial charge in [0.05, 0.1) is 24.9 Å². The summed E-state index contributed by atoms with van der Waals surface area (Å²) >= 11 is 1.45. The van der Waals surface area contributed by atoms with E-state index in [1.54, 1.807) is 25.3 Å². The number of aliphatic carboxylic acids is 1. The van der Waals surface area contributed by atoms with E-state index in [9.17, 15) is 32.7 Å². The first-order valence-electron chi connectivity index (χ1n) is 21.0. The molecule has 3 aliphatic rings. The summed E-state index contributed by atoms with van der Waals surface area (Å²) in [6.07, 6.45) is 4.56. The maximum absolute atomic E-state index is 14.8. The van der Waals surface area contributed by atoms with Gasteiger partial charge in [0.1, 0.15) is 40.9 Å². The average molecular weight is 885 g/mol. The van der Waals surface area contributed by atoms with Crippen LogP contribution in [-0.2, 0) is 25.3 Å². The zero-order valence-electron chi connectivity index (χ0n) is 36.0. The Morgan fingerprint density at radius 2 is 1.80 bits per heavy atom. The Kier molecular flexibility index (Phi) is 14.3. The lowest BCUT2D eigenvalue weighted by Crippen LogP contribution is -2.59. The van der Waals surface area contributed by atoms with Gasteiger partial charge >= 0.3 is 12.0 Å². The highest BCUT2D eigenvalue weighted by atomic mass is 32.2. The highest BCUT2D eigenvalue weighted by Gasteiger charge is 2.62. The molecule has 2 aliphatic heterocycles. The molecule has 4 heterocycles. The predicted molar refractivity (Wildman–Crippen MR) is 233 cm³/mol. The first kappa shape index (κ1) is 45.8. The third-order valence-corrected chi connectivity index (χ3v) is 13.4. The lowest BCUT2D eigenvalue weighted by Gasteiger charge is -2.34. The molecule has 0 spiro atoms. The van der Waals surface area contributed by atoms with E-state index in [1.807, 2.05) is 46.1 Å². The zero-order valence-corrected chi connectivity index (χ0v) is 37.7. The van der Waals surface area contributed by atoms with Crippen molar-refractivity contribution in [3.8, 4) is 22.9 Å². The third-order valence-electron chi connectivity index (χ3n) is 11.9. The van der Waals surface area contributed by atoms with Gasteiger partial charge < -0.3 is 40.7 Å². The number of ether oxygens (including phenoxy) is 2. The second-order valence-corrected chi connectivity index (χ2v) is 19.9. The Labute approximate surface area is 362 Å². The number of fused-ring (bicyclic) bond motifs is 3. The Balaban J connectivity index is 1.32. The number of amides is 4. The Morgan fingerprint density at radius 3 is 2.48 bits per heavy atom. The summed E-state index contributed by atoms with van der Waals surface area (Å²) in [7, 11) is 0.111. The number of carboxylic acid groups (broad SMARTS) is 1. The summed E-state index contributed by atoms with van der Waals surface area (Å²) in [5, 5.41) is 25.6. The number of benzene rings is 1. The normalized spacial score (nSPS) is 24.3. The first-order valence-corrected chi connectivity index (χ1v) is 23.1. The van der Waals surface area contributed by atoms with Crippen molar-refractivity contribution < 1.29 is 42.2 Å². The lowest BCUT2D eigenvalue weighted by atomic mass is 9.87. The summed E-state index contributed by atoms with van der Waals surface area (Å²) in [6, 6.07) is 3.98. The van der Waals surface area contributed by atoms with Gasteiger partial charge in [0.25, 0.3) is 0 Å². The van der Waals surface area contributed by atoms with Crippen molar-refractivity contribution in [2.75, 3.05) is 32.6 Å². The fourth-order valence-corrected chi connectivity index (χ4v) is 9.34. The fourth-order valence-electron chi connectivity index (χ4n) is 8.19. The van der Waals surface area contributed by atoms with Crippen molar-refractivity contribution in [1.82, 2.24) is 35.1 Å². The van der Waals surface area contributed by atoms with Gasteiger partial charge in [-0.25, -0.2) is 32.3 Å². The zero-order chi connectivity index (χ0) is 44.2. The number of carbonyl (C=O) groups excluding carboxylic acids is 3. The van der Waals surface area contributed by atoms with E-state index in [-0.39, 0.29) is 37.9 Å². The number of thiol groups is 1. The minimum atomic E-state index is -2.88. The van der Waals surface area contributed by atoms with Crippen LogP contribution in [0, 0.1) is 11.3 Å². The van der Waals surface area contributed by atoms with Gasteiger partial charge in [0.2, 0.25) is 22.7 Å². The molecule has 2 saturated heterocycles. The second kappa shape index (κ2) is 19.1. The van der Waals surface area contributed by atoms with Crippen LogP contribution < -0.4 is 30.7 Å². The quantitative estimate of drug-likeness (QED) is 0.135. The maximum Gasteiger partial charge on any atom is 0.329 e. The van der Waals surface area contributed by atoms with E-state index >= 15 is 0 Å². The lowest BCUT2D eigenvalue weighted by molar-refractivity contribution is -0.145. The van der Waals surface area contributed by atoms with Crippen LogP contribution in [0.3, 0.4) is 0 Å². The minimum absolute atomic E-state index is 0.0185. The molecule has 0 bridgehead atoms. The molecule has 19 heteroatoms. The van der Waals surface area contributed by atoms with Crippen LogP contribution in [0.5, 0.6) is 11.5 Å². The molecule has 1 aromatic carbocycles. The van der Waals surface area contributed by atoms with Crippen molar-refractivity contribution in [2.24, 2.45) is 11.3 Å². The van der Waals surface area contributed by atoms with Crippen molar-refractivity contribution in [1.29, 1.82) is 0 Å². The molecule has 334 valence electrons. The van der Waals surface area contributed by atoms with Crippen LogP contribution in [0.15, 0.2) is 29.6 Å². The van der Waals surface area contributed by atoms with Crippen LogP contribution in [0.2, 0.25) is 0 Å². The summed E-state index contributed by atoms with van der Waals surface area (Å²) in [4.78, 5) is 66.6. The maximum atomic E-state index is 14.8. The van der Waals surface area contributed by atoms with Crippen LogP contribution >= 0.6 is 11.3 Å². The number of pyridine rings is 1. The number of likely N-dealkylation sites (N-methyl/N-ethyl adjacent to an activating group) is 1. The number of thiazole rings is 1. The van der Waals surface area contributed by atoms with Gasteiger partial charge in [-0.1, -0.05) is 52.9 Å². The molecule has 6 rings (SSSR count). The smallest absolute Gasteiger partial charge is 0.329 e. The molecule has 6 atom stereocenters. The number of aromatic nitrogens is 2. The van der Waals surface area contributed by atoms with E-state index in [0.717, 1.165) is 35.1 Å². The molecular weight excluding hydrogens is 825 g/mol. The van der Waals surface area contributed by atoms with Gasteiger partial charge in [0.15, 0.2) is 5.13 Å². The van der Waals surface area contributed by atoms with Crippen molar-refractivity contribution in [2.45, 2.75) is 128 Å². The highest BCUT2D eigenvalue weighted by molar-refractivity contribution is 7.69. The molecule has 5 N–H and O–H groups in total. The summed E-state index contributed by atoms with van der Waals surface area (Å²) < 4.78 is 36.8. The number of hydrogen-bond donors (Lipinski definition) is 6. The first-order chi connectivity index (χ1) is 28.9. The molecule has 4 amide bonds. The molecule has 3 fully saturated rings. The number of nitrogens with zero attached hydrogens (tertiary/aromatic N) is 4. The largest absolute Gasteiger partial charge is 0.497 e. The Hall–Kier alpha value is -4.75. The number of carbonyl (C=O) groups is 4.